The highest BCUT2D eigenvalue weighted by Gasteiger charge is 2.11. The topological polar surface area (TPSA) is 89.3 Å². The molecule has 0 saturated carbocycles. The molecule has 0 aliphatic heterocycles. The second kappa shape index (κ2) is 7.75. The lowest BCUT2D eigenvalue weighted by atomic mass is 10.3. The Bertz CT molecular complexity index is 315. The van der Waals surface area contributed by atoms with Crippen LogP contribution in [0.1, 0.15) is 12.7 Å². The molecule has 1 heterocycles. The highest BCUT2D eigenvalue weighted by molar-refractivity contribution is 5.81. The molecule has 1 aromatic rings. The van der Waals surface area contributed by atoms with Crippen LogP contribution in [0.2, 0.25) is 0 Å². The lowest BCUT2D eigenvalue weighted by Crippen LogP contribution is -2.43. The maximum atomic E-state index is 11.5. The van der Waals surface area contributed by atoms with Crippen LogP contribution in [0, 0.1) is 0 Å². The van der Waals surface area contributed by atoms with Gasteiger partial charge in [-0.15, -0.1) is 0 Å². The van der Waals surface area contributed by atoms with Crippen molar-refractivity contribution in [1.82, 2.24) is 20.8 Å². The second-order valence-electron chi connectivity index (χ2n) is 3.56. The smallest absolute Gasteiger partial charge is 0.236 e. The molecular weight excluding hydrogens is 224 g/mol. The van der Waals surface area contributed by atoms with E-state index in [0.29, 0.717) is 31.9 Å². The van der Waals surface area contributed by atoms with Crippen LogP contribution in [0.3, 0.4) is 0 Å². The Hall–Kier alpha value is -1.47. The standard InChI is InChI=1S/C10H18N4O3/c1-8(10(15)12-5-6-16-2)11-4-3-9-13-7-17-14-9/h7-8,11H,3-6H2,1-2H3,(H,12,15). The summed E-state index contributed by atoms with van der Waals surface area (Å²) in [6.45, 7) is 3.46. The molecule has 1 amide bonds. The molecule has 0 saturated heterocycles. The number of amides is 1. The van der Waals surface area contributed by atoms with Gasteiger partial charge in [-0.3, -0.25) is 4.79 Å². The third-order valence-corrected chi connectivity index (χ3v) is 2.20. The molecule has 96 valence electrons. The van der Waals surface area contributed by atoms with Gasteiger partial charge in [0.25, 0.3) is 0 Å². The number of carbonyl (C=O) groups is 1. The molecule has 7 heteroatoms. The number of hydrogen-bond donors (Lipinski definition) is 2. The molecule has 0 aromatic carbocycles. The van der Waals surface area contributed by atoms with E-state index in [-0.39, 0.29) is 11.9 Å². The van der Waals surface area contributed by atoms with Crippen LogP contribution in [0.4, 0.5) is 0 Å². The fraction of sp³-hybridized carbons (Fsp3) is 0.700. The van der Waals surface area contributed by atoms with Crippen molar-refractivity contribution in [3.63, 3.8) is 0 Å². The summed E-state index contributed by atoms with van der Waals surface area (Å²) < 4.78 is 9.44. The van der Waals surface area contributed by atoms with Gasteiger partial charge in [-0.05, 0) is 6.92 Å². The minimum Gasteiger partial charge on any atom is -0.383 e. The largest absolute Gasteiger partial charge is 0.383 e. The zero-order chi connectivity index (χ0) is 12.5. The molecule has 1 rings (SSSR count). The maximum absolute atomic E-state index is 11.5. The van der Waals surface area contributed by atoms with Crippen molar-refractivity contribution in [2.45, 2.75) is 19.4 Å². The molecule has 1 atom stereocenters. The number of nitrogens with one attached hydrogen (secondary N) is 2. The molecule has 17 heavy (non-hydrogen) atoms. The molecule has 0 bridgehead atoms. The molecule has 0 aliphatic carbocycles. The Balaban J connectivity index is 2.11. The molecule has 0 fully saturated rings. The fourth-order valence-corrected chi connectivity index (χ4v) is 1.23. The first kappa shape index (κ1) is 13.6. The first-order valence-electron chi connectivity index (χ1n) is 5.49. The average molecular weight is 242 g/mol. The van der Waals surface area contributed by atoms with E-state index in [9.17, 15) is 4.79 Å². The molecule has 1 aromatic heterocycles. The van der Waals surface area contributed by atoms with E-state index < -0.39 is 0 Å². The molecular formula is C10H18N4O3. The predicted molar refractivity (Wildman–Crippen MR) is 60.4 cm³/mol. The van der Waals surface area contributed by atoms with Gasteiger partial charge in [0.1, 0.15) is 0 Å². The van der Waals surface area contributed by atoms with E-state index in [0.717, 1.165) is 0 Å². The van der Waals surface area contributed by atoms with Gasteiger partial charge in [-0.2, -0.15) is 4.98 Å². The summed E-state index contributed by atoms with van der Waals surface area (Å²) in [6, 6.07) is -0.251. The van der Waals surface area contributed by atoms with Gasteiger partial charge in [0.15, 0.2) is 5.82 Å². The highest BCUT2D eigenvalue weighted by atomic mass is 16.5. The second-order valence-corrected chi connectivity index (χ2v) is 3.56. The van der Waals surface area contributed by atoms with Crippen LogP contribution in [-0.2, 0) is 16.0 Å². The van der Waals surface area contributed by atoms with E-state index in [1.54, 1.807) is 14.0 Å². The Morgan fingerprint density at radius 2 is 2.41 bits per heavy atom. The van der Waals surface area contributed by atoms with Gasteiger partial charge in [0, 0.05) is 26.6 Å². The number of nitrogens with zero attached hydrogens (tertiary/aromatic N) is 2. The summed E-state index contributed by atoms with van der Waals surface area (Å²) in [4.78, 5) is 15.4. The normalized spacial score (nSPS) is 12.4. The van der Waals surface area contributed by atoms with Crippen molar-refractivity contribution < 1.29 is 14.1 Å². The Kier molecular flexibility index (Phi) is 6.19. The van der Waals surface area contributed by atoms with Crippen LogP contribution in [-0.4, -0.2) is 48.9 Å². The third-order valence-electron chi connectivity index (χ3n) is 2.20. The monoisotopic (exact) mass is 242 g/mol. The molecule has 1 unspecified atom stereocenters. The fourth-order valence-electron chi connectivity index (χ4n) is 1.23. The molecule has 7 nitrogen and oxygen atoms in total. The number of rotatable bonds is 8. The zero-order valence-corrected chi connectivity index (χ0v) is 10.1. The molecule has 0 radical (unpaired) electrons. The van der Waals surface area contributed by atoms with Crippen LogP contribution in [0.5, 0.6) is 0 Å². The van der Waals surface area contributed by atoms with Crippen molar-refractivity contribution in [2.75, 3.05) is 26.8 Å². The van der Waals surface area contributed by atoms with Crippen LogP contribution in [0.15, 0.2) is 10.9 Å². The lowest BCUT2D eigenvalue weighted by Gasteiger charge is -2.13. The van der Waals surface area contributed by atoms with Crippen molar-refractivity contribution in [3.05, 3.63) is 12.2 Å². The minimum absolute atomic E-state index is 0.0461. The Morgan fingerprint density at radius 3 is 3.06 bits per heavy atom. The number of methoxy groups -OCH3 is 1. The summed E-state index contributed by atoms with van der Waals surface area (Å²) in [5.74, 6) is 0.583. The highest BCUT2D eigenvalue weighted by Crippen LogP contribution is 1.89. The summed E-state index contributed by atoms with van der Waals surface area (Å²) in [7, 11) is 1.60. The Morgan fingerprint density at radius 1 is 1.59 bits per heavy atom. The summed E-state index contributed by atoms with van der Waals surface area (Å²) in [5, 5.41) is 9.50. The summed E-state index contributed by atoms with van der Waals surface area (Å²) >= 11 is 0. The van der Waals surface area contributed by atoms with Gasteiger partial charge in [-0.25, -0.2) is 0 Å². The molecule has 0 aliphatic rings. The predicted octanol–water partition coefficient (Wildman–Crippen LogP) is -0.647. The first-order chi connectivity index (χ1) is 8.24. The first-order valence-corrected chi connectivity index (χ1v) is 5.49. The zero-order valence-electron chi connectivity index (χ0n) is 10.1. The van der Waals surface area contributed by atoms with Crippen molar-refractivity contribution >= 4 is 5.91 Å². The van der Waals surface area contributed by atoms with Gasteiger partial charge in [0.05, 0.1) is 12.6 Å². The van der Waals surface area contributed by atoms with Crippen LogP contribution >= 0.6 is 0 Å². The van der Waals surface area contributed by atoms with Gasteiger partial charge < -0.3 is 19.9 Å². The van der Waals surface area contributed by atoms with E-state index >= 15 is 0 Å². The summed E-state index contributed by atoms with van der Waals surface area (Å²) in [5.41, 5.74) is 0. The number of hydrogen-bond acceptors (Lipinski definition) is 6. The molecule has 0 spiro atoms. The van der Waals surface area contributed by atoms with E-state index in [1.807, 2.05) is 0 Å². The van der Waals surface area contributed by atoms with Gasteiger partial charge in [0.2, 0.25) is 12.3 Å². The van der Waals surface area contributed by atoms with E-state index in [1.165, 1.54) is 6.39 Å². The number of ether oxygens (including phenoxy) is 1. The van der Waals surface area contributed by atoms with Crippen molar-refractivity contribution in [2.24, 2.45) is 0 Å². The Labute approximate surface area is 99.9 Å². The lowest BCUT2D eigenvalue weighted by molar-refractivity contribution is -0.122. The number of aromatic nitrogens is 2. The van der Waals surface area contributed by atoms with Crippen LogP contribution in [0.25, 0.3) is 0 Å². The third kappa shape index (κ3) is 5.41. The van der Waals surface area contributed by atoms with Crippen molar-refractivity contribution in [1.29, 1.82) is 0 Å². The molecule has 2 N–H and O–H groups in total. The minimum atomic E-state index is -0.251. The maximum Gasteiger partial charge on any atom is 0.236 e. The number of carbonyl (C=O) groups excluding carboxylic acids is 1. The van der Waals surface area contributed by atoms with Gasteiger partial charge in [-0.1, -0.05) is 5.16 Å². The van der Waals surface area contributed by atoms with Crippen LogP contribution < -0.4 is 10.6 Å². The van der Waals surface area contributed by atoms with E-state index in [4.69, 9.17) is 4.74 Å². The van der Waals surface area contributed by atoms with Gasteiger partial charge >= 0.3 is 0 Å². The summed E-state index contributed by atoms with van der Waals surface area (Å²) in [6.07, 6.45) is 1.92. The average Bonchev–Trinajstić information content (AvgIpc) is 2.82. The van der Waals surface area contributed by atoms with Crippen molar-refractivity contribution in [3.8, 4) is 0 Å². The SMILES string of the molecule is COCCNC(=O)C(C)NCCc1ncon1. The quantitative estimate of drug-likeness (QED) is 0.589. The van der Waals surface area contributed by atoms with E-state index in [2.05, 4.69) is 25.3 Å².